The van der Waals surface area contributed by atoms with Crippen molar-refractivity contribution in [1.29, 1.82) is 0 Å². The lowest BCUT2D eigenvalue weighted by Crippen LogP contribution is -2.04. The van der Waals surface area contributed by atoms with Crippen molar-refractivity contribution in [1.82, 2.24) is 0 Å². The second-order valence-electron chi connectivity index (χ2n) is 3.98. The lowest BCUT2D eigenvalue weighted by molar-refractivity contribution is 0.110. The number of aryl methyl sites for hydroxylation is 2. The number of rotatable bonds is 5. The molecule has 0 aromatic heterocycles. The van der Waals surface area contributed by atoms with Gasteiger partial charge in [0, 0.05) is 20.1 Å². The quantitative estimate of drug-likeness (QED) is 0.834. The van der Waals surface area contributed by atoms with E-state index < -0.39 is 6.10 Å². The van der Waals surface area contributed by atoms with Crippen molar-refractivity contribution < 1.29 is 14.6 Å². The molecule has 0 aliphatic heterocycles. The Morgan fingerprint density at radius 3 is 2.44 bits per heavy atom. The molecule has 0 aliphatic rings. The lowest BCUT2D eigenvalue weighted by Gasteiger charge is -2.16. The summed E-state index contributed by atoms with van der Waals surface area (Å²) in [5.74, 6) is 0.861. The zero-order chi connectivity index (χ0) is 12.1. The average molecular weight is 224 g/mol. The summed E-state index contributed by atoms with van der Waals surface area (Å²) in [6, 6.07) is 3.94. The van der Waals surface area contributed by atoms with Crippen LogP contribution in [0.3, 0.4) is 0 Å². The molecule has 3 heteroatoms. The first-order valence-electron chi connectivity index (χ1n) is 5.42. The average Bonchev–Trinajstić information content (AvgIpc) is 2.28. The molecule has 1 aromatic rings. The Balaban J connectivity index is 2.92. The number of aliphatic hydroxyl groups is 1. The number of ether oxygens (including phenoxy) is 2. The maximum absolute atomic E-state index is 10.00. The van der Waals surface area contributed by atoms with E-state index in [1.54, 1.807) is 14.2 Å². The number of benzene rings is 1. The minimum Gasteiger partial charge on any atom is -0.496 e. The molecule has 0 spiro atoms. The van der Waals surface area contributed by atoms with Crippen LogP contribution in [0.2, 0.25) is 0 Å². The van der Waals surface area contributed by atoms with E-state index in [-0.39, 0.29) is 0 Å². The molecule has 0 radical (unpaired) electrons. The minimum atomic E-state index is -0.468. The Kier molecular flexibility index (Phi) is 4.77. The molecule has 0 fully saturated rings. The van der Waals surface area contributed by atoms with Gasteiger partial charge >= 0.3 is 0 Å². The van der Waals surface area contributed by atoms with E-state index in [0.29, 0.717) is 13.0 Å². The van der Waals surface area contributed by atoms with Crippen molar-refractivity contribution in [2.45, 2.75) is 26.4 Å². The van der Waals surface area contributed by atoms with Crippen LogP contribution in [-0.2, 0) is 4.74 Å². The minimum absolute atomic E-state index is 0.468. The van der Waals surface area contributed by atoms with E-state index in [0.717, 1.165) is 22.4 Å². The summed E-state index contributed by atoms with van der Waals surface area (Å²) in [4.78, 5) is 0. The molecule has 0 saturated carbocycles. The van der Waals surface area contributed by atoms with Gasteiger partial charge in [-0.2, -0.15) is 0 Å². The van der Waals surface area contributed by atoms with Crippen LogP contribution in [0.25, 0.3) is 0 Å². The molecule has 90 valence electrons. The fourth-order valence-corrected chi connectivity index (χ4v) is 1.78. The van der Waals surface area contributed by atoms with Crippen molar-refractivity contribution in [3.8, 4) is 5.75 Å². The van der Waals surface area contributed by atoms with Crippen LogP contribution in [0.15, 0.2) is 12.1 Å². The fourth-order valence-electron chi connectivity index (χ4n) is 1.78. The molecule has 0 aliphatic carbocycles. The first-order valence-corrected chi connectivity index (χ1v) is 5.42. The second-order valence-corrected chi connectivity index (χ2v) is 3.98. The predicted molar refractivity (Wildman–Crippen MR) is 63.9 cm³/mol. The highest BCUT2D eigenvalue weighted by Gasteiger charge is 2.12. The van der Waals surface area contributed by atoms with Crippen LogP contribution in [0.4, 0.5) is 0 Å². The van der Waals surface area contributed by atoms with Crippen molar-refractivity contribution in [2.24, 2.45) is 0 Å². The van der Waals surface area contributed by atoms with E-state index in [1.807, 2.05) is 26.0 Å². The Morgan fingerprint density at radius 2 is 1.88 bits per heavy atom. The molecule has 0 amide bonds. The predicted octanol–water partition coefficient (Wildman–Crippen LogP) is 2.38. The normalized spacial score (nSPS) is 12.6. The molecule has 3 nitrogen and oxygen atoms in total. The van der Waals surface area contributed by atoms with Gasteiger partial charge in [0.2, 0.25) is 0 Å². The molecule has 0 bridgehead atoms. The first kappa shape index (κ1) is 13.0. The number of aliphatic hydroxyl groups excluding tert-OH is 1. The Bertz CT molecular complexity index is 347. The van der Waals surface area contributed by atoms with E-state index >= 15 is 0 Å². The number of methoxy groups -OCH3 is 2. The second kappa shape index (κ2) is 5.87. The van der Waals surface area contributed by atoms with Gasteiger partial charge in [-0.15, -0.1) is 0 Å². The van der Waals surface area contributed by atoms with Gasteiger partial charge in [-0.1, -0.05) is 0 Å². The highest BCUT2D eigenvalue weighted by atomic mass is 16.5. The van der Waals surface area contributed by atoms with Gasteiger partial charge in [-0.05, 0) is 42.7 Å². The van der Waals surface area contributed by atoms with Gasteiger partial charge in [0.15, 0.2) is 0 Å². The van der Waals surface area contributed by atoms with E-state index in [1.165, 1.54) is 0 Å². The van der Waals surface area contributed by atoms with Crippen molar-refractivity contribution in [3.05, 3.63) is 28.8 Å². The summed E-state index contributed by atoms with van der Waals surface area (Å²) in [7, 11) is 3.29. The van der Waals surface area contributed by atoms with Gasteiger partial charge in [0.05, 0.1) is 13.2 Å². The third-order valence-electron chi connectivity index (χ3n) is 2.74. The number of hydrogen-bond donors (Lipinski definition) is 1. The third kappa shape index (κ3) is 2.97. The van der Waals surface area contributed by atoms with Gasteiger partial charge in [0.1, 0.15) is 5.75 Å². The maximum Gasteiger partial charge on any atom is 0.122 e. The van der Waals surface area contributed by atoms with Gasteiger partial charge in [0.25, 0.3) is 0 Å². The summed E-state index contributed by atoms with van der Waals surface area (Å²) < 4.78 is 10.2. The highest BCUT2D eigenvalue weighted by Crippen LogP contribution is 2.27. The Morgan fingerprint density at radius 1 is 1.19 bits per heavy atom. The van der Waals surface area contributed by atoms with E-state index in [2.05, 4.69) is 0 Å². The van der Waals surface area contributed by atoms with E-state index in [4.69, 9.17) is 9.47 Å². The molecule has 0 saturated heterocycles. The Hall–Kier alpha value is -1.06. The SMILES string of the molecule is COCCC(O)c1cc(C)c(OC)cc1C. The molecule has 16 heavy (non-hydrogen) atoms. The molecule has 1 unspecified atom stereocenters. The van der Waals surface area contributed by atoms with E-state index in [9.17, 15) is 5.11 Å². The van der Waals surface area contributed by atoms with Crippen LogP contribution in [0.1, 0.15) is 29.2 Å². The lowest BCUT2D eigenvalue weighted by atomic mass is 9.98. The molecular weight excluding hydrogens is 204 g/mol. The molecule has 1 rings (SSSR count). The summed E-state index contributed by atoms with van der Waals surface area (Å²) >= 11 is 0. The van der Waals surface area contributed by atoms with Crippen LogP contribution >= 0.6 is 0 Å². The van der Waals surface area contributed by atoms with Gasteiger partial charge in [-0.3, -0.25) is 0 Å². The van der Waals surface area contributed by atoms with Gasteiger partial charge < -0.3 is 14.6 Å². The van der Waals surface area contributed by atoms with Crippen LogP contribution in [0, 0.1) is 13.8 Å². The Labute approximate surface area is 97.0 Å². The van der Waals surface area contributed by atoms with Crippen LogP contribution in [-0.4, -0.2) is 25.9 Å². The maximum atomic E-state index is 10.00. The summed E-state index contributed by atoms with van der Waals surface area (Å²) in [5.41, 5.74) is 3.04. The van der Waals surface area contributed by atoms with Crippen LogP contribution < -0.4 is 4.74 Å². The largest absolute Gasteiger partial charge is 0.496 e. The molecule has 1 N–H and O–H groups in total. The zero-order valence-corrected chi connectivity index (χ0v) is 10.4. The first-order chi connectivity index (χ1) is 7.60. The van der Waals surface area contributed by atoms with Crippen molar-refractivity contribution in [3.63, 3.8) is 0 Å². The smallest absolute Gasteiger partial charge is 0.122 e. The topological polar surface area (TPSA) is 38.7 Å². The monoisotopic (exact) mass is 224 g/mol. The molecule has 1 aromatic carbocycles. The molecule has 0 heterocycles. The van der Waals surface area contributed by atoms with Crippen LogP contribution in [0.5, 0.6) is 5.75 Å². The van der Waals surface area contributed by atoms with Crippen molar-refractivity contribution >= 4 is 0 Å². The standard InChI is InChI=1S/C13H20O3/c1-9-8-13(16-4)10(2)7-11(9)12(14)5-6-15-3/h7-8,12,14H,5-6H2,1-4H3. The molecular formula is C13H20O3. The third-order valence-corrected chi connectivity index (χ3v) is 2.74. The number of hydrogen-bond acceptors (Lipinski definition) is 3. The summed E-state index contributed by atoms with van der Waals surface area (Å²) in [5, 5.41) is 10.00. The molecule has 1 atom stereocenters. The fraction of sp³-hybridized carbons (Fsp3) is 0.538. The summed E-state index contributed by atoms with van der Waals surface area (Å²) in [6.45, 7) is 4.52. The zero-order valence-electron chi connectivity index (χ0n) is 10.4. The van der Waals surface area contributed by atoms with Gasteiger partial charge in [-0.25, -0.2) is 0 Å². The summed E-state index contributed by atoms with van der Waals surface area (Å²) in [6.07, 6.45) is 0.146. The van der Waals surface area contributed by atoms with Crippen molar-refractivity contribution in [2.75, 3.05) is 20.8 Å². The highest BCUT2D eigenvalue weighted by molar-refractivity contribution is 5.42.